The Labute approximate surface area is 124 Å². The molecule has 0 aliphatic rings. The van der Waals surface area contributed by atoms with Crippen LogP contribution >= 0.6 is 15.9 Å². The van der Waals surface area contributed by atoms with E-state index in [9.17, 15) is 9.18 Å². The fraction of sp³-hybridized carbons (Fsp3) is 0.0714. The van der Waals surface area contributed by atoms with Crippen LogP contribution in [0.15, 0.2) is 40.9 Å². The molecule has 0 bridgehead atoms. The second-order valence-corrected chi connectivity index (χ2v) is 5.14. The summed E-state index contributed by atoms with van der Waals surface area (Å²) in [5.41, 5.74) is 7.94. The van der Waals surface area contributed by atoms with Gasteiger partial charge in [-0.25, -0.2) is 9.18 Å². The van der Waals surface area contributed by atoms with E-state index in [4.69, 9.17) is 5.73 Å². The van der Waals surface area contributed by atoms with Gasteiger partial charge in [0.25, 0.3) is 0 Å². The number of anilines is 3. The topological polar surface area (TPSA) is 67.2 Å². The molecule has 2 aromatic rings. The molecule has 6 heteroatoms. The van der Waals surface area contributed by atoms with Crippen LogP contribution in [0.2, 0.25) is 0 Å². The molecule has 2 rings (SSSR count). The van der Waals surface area contributed by atoms with Crippen molar-refractivity contribution < 1.29 is 9.18 Å². The molecule has 20 heavy (non-hydrogen) atoms. The highest BCUT2D eigenvalue weighted by Crippen LogP contribution is 2.24. The van der Waals surface area contributed by atoms with Crippen molar-refractivity contribution in [3.05, 3.63) is 52.3 Å². The molecule has 0 spiro atoms. The average Bonchev–Trinajstić information content (AvgIpc) is 2.39. The van der Waals surface area contributed by atoms with Crippen molar-refractivity contribution in [2.45, 2.75) is 6.92 Å². The molecule has 104 valence electrons. The summed E-state index contributed by atoms with van der Waals surface area (Å²) in [5.74, 6) is -0.432. The van der Waals surface area contributed by atoms with E-state index >= 15 is 0 Å². The van der Waals surface area contributed by atoms with Gasteiger partial charge < -0.3 is 16.4 Å². The van der Waals surface area contributed by atoms with E-state index in [1.165, 1.54) is 6.07 Å². The van der Waals surface area contributed by atoms with Gasteiger partial charge in [-0.15, -0.1) is 0 Å². The first-order chi connectivity index (χ1) is 9.45. The van der Waals surface area contributed by atoms with E-state index in [2.05, 4.69) is 26.6 Å². The molecule has 2 aromatic carbocycles. The van der Waals surface area contributed by atoms with Gasteiger partial charge in [-0.1, -0.05) is 0 Å². The zero-order valence-corrected chi connectivity index (χ0v) is 12.3. The molecule has 0 unspecified atom stereocenters. The lowest BCUT2D eigenvalue weighted by Gasteiger charge is -2.11. The fourth-order valence-electron chi connectivity index (χ4n) is 1.63. The van der Waals surface area contributed by atoms with Crippen molar-refractivity contribution in [2.24, 2.45) is 0 Å². The van der Waals surface area contributed by atoms with Gasteiger partial charge >= 0.3 is 6.03 Å². The van der Waals surface area contributed by atoms with Crippen LogP contribution in [0, 0.1) is 12.7 Å². The molecule has 0 aliphatic heterocycles. The Morgan fingerprint density at radius 2 is 1.85 bits per heavy atom. The summed E-state index contributed by atoms with van der Waals surface area (Å²) in [5, 5.41) is 5.24. The summed E-state index contributed by atoms with van der Waals surface area (Å²) in [4.78, 5) is 11.8. The Morgan fingerprint density at radius 1 is 1.20 bits per heavy atom. The Hall–Kier alpha value is -2.08. The van der Waals surface area contributed by atoms with Gasteiger partial charge in [-0.05, 0) is 64.8 Å². The summed E-state index contributed by atoms with van der Waals surface area (Å²) in [6, 6.07) is 9.16. The normalized spacial score (nSPS) is 10.2. The monoisotopic (exact) mass is 337 g/mol. The maximum absolute atomic E-state index is 13.4. The van der Waals surface area contributed by atoms with Crippen molar-refractivity contribution >= 4 is 39.0 Å². The Kier molecular flexibility index (Phi) is 4.24. The van der Waals surface area contributed by atoms with Crippen LogP contribution in [0.4, 0.5) is 26.2 Å². The lowest BCUT2D eigenvalue weighted by molar-refractivity contribution is 0.262. The van der Waals surface area contributed by atoms with Crippen LogP contribution in [0.5, 0.6) is 0 Å². The summed E-state index contributed by atoms with van der Waals surface area (Å²) >= 11 is 3.09. The number of carbonyl (C=O) groups is 1. The number of halogens is 2. The van der Waals surface area contributed by atoms with E-state index in [0.29, 0.717) is 21.5 Å². The number of nitrogens with two attached hydrogens (primary N) is 1. The number of carbonyl (C=O) groups excluding carboxylic acids is 1. The van der Waals surface area contributed by atoms with Crippen LogP contribution in [0.3, 0.4) is 0 Å². The van der Waals surface area contributed by atoms with Gasteiger partial charge in [0.1, 0.15) is 5.82 Å². The minimum atomic E-state index is -0.445. The molecule has 4 nitrogen and oxygen atoms in total. The zero-order chi connectivity index (χ0) is 14.7. The van der Waals surface area contributed by atoms with E-state index < -0.39 is 11.8 Å². The van der Waals surface area contributed by atoms with Gasteiger partial charge in [0, 0.05) is 17.1 Å². The first kappa shape index (κ1) is 14.3. The predicted octanol–water partition coefficient (Wildman–Crippen LogP) is 4.12. The average molecular weight is 338 g/mol. The molecular formula is C14H13BrFN3O. The smallest absolute Gasteiger partial charge is 0.323 e. The first-order valence-corrected chi connectivity index (χ1v) is 6.64. The van der Waals surface area contributed by atoms with Crippen molar-refractivity contribution in [3.8, 4) is 0 Å². The fourth-order valence-corrected chi connectivity index (χ4v) is 2.09. The van der Waals surface area contributed by atoms with E-state index in [-0.39, 0.29) is 0 Å². The standard InChI is InChI=1S/C14H13BrFN3O/c1-8-6-11(15)12(16)7-13(8)19-14(20)18-10-4-2-9(17)3-5-10/h2-7H,17H2,1H3,(H2,18,19,20). The molecule has 0 atom stereocenters. The quantitative estimate of drug-likeness (QED) is 0.721. The van der Waals surface area contributed by atoms with Gasteiger partial charge in [-0.3, -0.25) is 0 Å². The van der Waals surface area contributed by atoms with Gasteiger partial charge in [0.05, 0.1) is 4.47 Å². The number of hydrogen-bond donors (Lipinski definition) is 3. The highest BCUT2D eigenvalue weighted by molar-refractivity contribution is 9.10. The molecule has 2 amide bonds. The predicted molar refractivity (Wildman–Crippen MR) is 82.3 cm³/mol. The van der Waals surface area contributed by atoms with Gasteiger partial charge in [0.2, 0.25) is 0 Å². The molecule has 0 fully saturated rings. The maximum Gasteiger partial charge on any atom is 0.323 e. The molecule has 0 radical (unpaired) electrons. The molecule has 0 saturated heterocycles. The molecule has 0 saturated carbocycles. The molecule has 0 aromatic heterocycles. The van der Waals surface area contributed by atoms with Crippen molar-refractivity contribution in [1.82, 2.24) is 0 Å². The Morgan fingerprint density at radius 3 is 2.50 bits per heavy atom. The molecule has 0 aliphatic carbocycles. The lowest BCUT2D eigenvalue weighted by Crippen LogP contribution is -2.20. The third-order valence-electron chi connectivity index (χ3n) is 2.68. The Balaban J connectivity index is 2.08. The zero-order valence-electron chi connectivity index (χ0n) is 10.7. The van der Waals surface area contributed by atoms with Crippen molar-refractivity contribution in [1.29, 1.82) is 0 Å². The summed E-state index contributed by atoms with van der Waals surface area (Å²) in [6.45, 7) is 1.78. The molecule has 0 heterocycles. The summed E-state index contributed by atoms with van der Waals surface area (Å²) < 4.78 is 13.8. The highest BCUT2D eigenvalue weighted by Gasteiger charge is 2.08. The Bertz CT molecular complexity index is 644. The summed E-state index contributed by atoms with van der Waals surface area (Å²) in [6.07, 6.45) is 0. The number of benzene rings is 2. The minimum Gasteiger partial charge on any atom is -0.399 e. The van der Waals surface area contributed by atoms with E-state index in [1.807, 2.05) is 0 Å². The second-order valence-electron chi connectivity index (χ2n) is 4.28. The van der Waals surface area contributed by atoms with Crippen LogP contribution in [0.1, 0.15) is 5.56 Å². The third kappa shape index (κ3) is 3.48. The number of rotatable bonds is 2. The summed E-state index contributed by atoms with van der Waals surface area (Å²) in [7, 11) is 0. The van der Waals surface area contributed by atoms with Crippen LogP contribution < -0.4 is 16.4 Å². The number of aryl methyl sites for hydroxylation is 1. The SMILES string of the molecule is Cc1cc(Br)c(F)cc1NC(=O)Nc1ccc(N)cc1. The maximum atomic E-state index is 13.4. The molecular weight excluding hydrogens is 325 g/mol. The number of hydrogen-bond acceptors (Lipinski definition) is 2. The minimum absolute atomic E-state index is 0.361. The number of nitrogen functional groups attached to an aromatic ring is 1. The van der Waals surface area contributed by atoms with Crippen LogP contribution in [-0.2, 0) is 0 Å². The number of amides is 2. The lowest BCUT2D eigenvalue weighted by atomic mass is 10.2. The largest absolute Gasteiger partial charge is 0.399 e. The van der Waals surface area contributed by atoms with Crippen molar-refractivity contribution in [3.63, 3.8) is 0 Å². The van der Waals surface area contributed by atoms with Gasteiger partial charge in [-0.2, -0.15) is 0 Å². The second kappa shape index (κ2) is 5.92. The van der Waals surface area contributed by atoms with Gasteiger partial charge in [0.15, 0.2) is 0 Å². The van der Waals surface area contributed by atoms with E-state index in [0.717, 1.165) is 5.56 Å². The highest BCUT2D eigenvalue weighted by atomic mass is 79.9. The van der Waals surface area contributed by atoms with Crippen LogP contribution in [0.25, 0.3) is 0 Å². The first-order valence-electron chi connectivity index (χ1n) is 5.85. The molecule has 4 N–H and O–H groups in total. The third-order valence-corrected chi connectivity index (χ3v) is 3.29. The number of nitrogens with one attached hydrogen (secondary N) is 2. The number of urea groups is 1. The van der Waals surface area contributed by atoms with Crippen LogP contribution in [-0.4, -0.2) is 6.03 Å². The van der Waals surface area contributed by atoms with E-state index in [1.54, 1.807) is 37.3 Å². The van der Waals surface area contributed by atoms with Crippen molar-refractivity contribution in [2.75, 3.05) is 16.4 Å².